The van der Waals surface area contributed by atoms with Crippen LogP contribution in [-0.4, -0.2) is 56.3 Å². The summed E-state index contributed by atoms with van der Waals surface area (Å²) in [5, 5.41) is 3.24. The lowest BCUT2D eigenvalue weighted by Crippen LogP contribution is -2.42. The summed E-state index contributed by atoms with van der Waals surface area (Å²) in [6.45, 7) is 4.51. The molecular formula is C16H24ClN3OS. The highest BCUT2D eigenvalue weighted by Gasteiger charge is 2.27. The van der Waals surface area contributed by atoms with Crippen LogP contribution in [0.3, 0.4) is 0 Å². The molecule has 2 aliphatic rings. The zero-order valence-corrected chi connectivity index (χ0v) is 14.6. The molecule has 3 rings (SSSR count). The maximum Gasteiger partial charge on any atom is 0.241 e. The van der Waals surface area contributed by atoms with Gasteiger partial charge in [0.05, 0.1) is 12.2 Å². The van der Waals surface area contributed by atoms with Gasteiger partial charge in [0, 0.05) is 23.7 Å². The Labute approximate surface area is 143 Å². The van der Waals surface area contributed by atoms with Crippen LogP contribution in [0.1, 0.15) is 6.42 Å². The number of halogens is 1. The Kier molecular flexibility index (Phi) is 6.56. The second-order valence-corrected chi connectivity index (χ2v) is 6.95. The zero-order chi connectivity index (χ0) is 14.7. The lowest BCUT2D eigenvalue weighted by molar-refractivity contribution is -0.119. The van der Waals surface area contributed by atoms with Gasteiger partial charge in [-0.15, -0.1) is 24.2 Å². The van der Waals surface area contributed by atoms with Gasteiger partial charge in [-0.2, -0.15) is 0 Å². The van der Waals surface area contributed by atoms with Crippen molar-refractivity contribution in [2.75, 3.05) is 50.4 Å². The van der Waals surface area contributed by atoms with Crippen LogP contribution in [0.4, 0.5) is 5.69 Å². The van der Waals surface area contributed by atoms with E-state index in [1.54, 1.807) is 0 Å². The molecule has 1 unspecified atom stereocenters. The third kappa shape index (κ3) is 3.96. The number of anilines is 1. The van der Waals surface area contributed by atoms with Gasteiger partial charge in [-0.25, -0.2) is 0 Å². The number of likely N-dealkylation sites (tertiary alicyclic amines) is 1. The van der Waals surface area contributed by atoms with Gasteiger partial charge in [-0.05, 0) is 44.6 Å². The summed E-state index contributed by atoms with van der Waals surface area (Å²) in [5.41, 5.74) is 1.09. The van der Waals surface area contributed by atoms with Crippen molar-refractivity contribution in [2.45, 2.75) is 11.3 Å². The molecule has 0 radical (unpaired) electrons. The number of para-hydroxylation sites is 1. The Bertz CT molecular complexity index is 514. The van der Waals surface area contributed by atoms with Crippen molar-refractivity contribution in [1.82, 2.24) is 10.2 Å². The molecule has 0 aromatic heterocycles. The zero-order valence-electron chi connectivity index (χ0n) is 13.0. The van der Waals surface area contributed by atoms with Crippen molar-refractivity contribution in [1.29, 1.82) is 0 Å². The van der Waals surface area contributed by atoms with E-state index in [0.29, 0.717) is 12.5 Å². The largest absolute Gasteiger partial charge is 0.319 e. The van der Waals surface area contributed by atoms with E-state index in [4.69, 9.17) is 0 Å². The van der Waals surface area contributed by atoms with Crippen molar-refractivity contribution in [3.05, 3.63) is 24.3 Å². The van der Waals surface area contributed by atoms with Gasteiger partial charge in [0.1, 0.15) is 0 Å². The summed E-state index contributed by atoms with van der Waals surface area (Å²) in [6, 6.07) is 8.23. The maximum atomic E-state index is 12.6. The summed E-state index contributed by atoms with van der Waals surface area (Å²) in [7, 11) is 2.00. The van der Waals surface area contributed by atoms with Gasteiger partial charge < -0.3 is 10.2 Å². The van der Waals surface area contributed by atoms with Gasteiger partial charge in [-0.1, -0.05) is 12.1 Å². The van der Waals surface area contributed by atoms with E-state index in [-0.39, 0.29) is 18.3 Å². The monoisotopic (exact) mass is 341 g/mol. The average Bonchev–Trinajstić information content (AvgIpc) is 2.94. The molecule has 1 aromatic carbocycles. The number of benzene rings is 1. The Morgan fingerprint density at radius 2 is 2.18 bits per heavy atom. The molecule has 2 aliphatic heterocycles. The molecule has 22 heavy (non-hydrogen) atoms. The molecule has 0 saturated carbocycles. The van der Waals surface area contributed by atoms with Gasteiger partial charge in [0.2, 0.25) is 5.91 Å². The van der Waals surface area contributed by atoms with Crippen molar-refractivity contribution in [3.8, 4) is 0 Å². The summed E-state index contributed by atoms with van der Waals surface area (Å²) < 4.78 is 0. The molecule has 0 aliphatic carbocycles. The number of carbonyl (C=O) groups is 1. The van der Waals surface area contributed by atoms with Crippen molar-refractivity contribution in [3.63, 3.8) is 0 Å². The highest BCUT2D eigenvalue weighted by molar-refractivity contribution is 7.99. The molecule has 1 amide bonds. The third-order valence-electron chi connectivity index (χ3n) is 4.25. The summed E-state index contributed by atoms with van der Waals surface area (Å²) in [4.78, 5) is 18.1. The number of carbonyl (C=O) groups excluding carboxylic acids is 1. The molecule has 1 saturated heterocycles. The Morgan fingerprint density at radius 3 is 3.00 bits per heavy atom. The van der Waals surface area contributed by atoms with Crippen LogP contribution in [0.15, 0.2) is 29.2 Å². The Balaban J connectivity index is 0.00000176. The summed E-state index contributed by atoms with van der Waals surface area (Å²) >= 11 is 1.84. The molecule has 122 valence electrons. The first-order valence-corrected chi connectivity index (χ1v) is 8.65. The van der Waals surface area contributed by atoms with Crippen LogP contribution in [0.25, 0.3) is 0 Å². The molecule has 0 spiro atoms. The smallest absolute Gasteiger partial charge is 0.241 e. The van der Waals surface area contributed by atoms with E-state index < -0.39 is 0 Å². The Hall–Kier alpha value is -0.750. The molecule has 1 fully saturated rings. The molecule has 4 nitrogen and oxygen atoms in total. The van der Waals surface area contributed by atoms with E-state index in [9.17, 15) is 4.79 Å². The number of nitrogens with one attached hydrogen (secondary N) is 1. The van der Waals surface area contributed by atoms with Crippen LogP contribution in [-0.2, 0) is 4.79 Å². The second kappa shape index (κ2) is 8.20. The van der Waals surface area contributed by atoms with Crippen molar-refractivity contribution < 1.29 is 4.79 Å². The second-order valence-electron chi connectivity index (χ2n) is 5.81. The minimum absolute atomic E-state index is 0. The molecule has 1 N–H and O–H groups in total. The van der Waals surface area contributed by atoms with Gasteiger partial charge in [-0.3, -0.25) is 9.69 Å². The van der Waals surface area contributed by atoms with Crippen LogP contribution in [0, 0.1) is 5.92 Å². The first-order chi connectivity index (χ1) is 10.3. The number of hydrogen-bond donors (Lipinski definition) is 1. The highest BCUT2D eigenvalue weighted by Crippen LogP contribution is 2.34. The number of rotatable bonds is 4. The lowest BCUT2D eigenvalue weighted by atomic mass is 10.1. The number of thioether (sulfide) groups is 1. The molecule has 6 heteroatoms. The minimum Gasteiger partial charge on any atom is -0.319 e. The number of nitrogens with zero attached hydrogens (tertiary/aromatic N) is 2. The number of amides is 1. The fourth-order valence-electron chi connectivity index (χ4n) is 3.22. The topological polar surface area (TPSA) is 35.6 Å². The fraction of sp³-hybridized carbons (Fsp3) is 0.562. The first-order valence-electron chi connectivity index (χ1n) is 7.67. The lowest BCUT2D eigenvalue weighted by Gasteiger charge is -2.30. The van der Waals surface area contributed by atoms with E-state index in [2.05, 4.69) is 22.3 Å². The number of fused-ring (bicyclic) bond motifs is 1. The molecule has 1 aromatic rings. The van der Waals surface area contributed by atoms with Crippen LogP contribution in [0.2, 0.25) is 0 Å². The standard InChI is InChI=1S/C16H23N3OS.ClH/c1-17-10-13-6-7-18(11-13)12-16(20)19-8-9-21-15-5-3-2-4-14(15)19;/h2-5,13,17H,6-12H2,1H3;1H. The van der Waals surface area contributed by atoms with Crippen LogP contribution >= 0.6 is 24.2 Å². The summed E-state index contributed by atoms with van der Waals surface area (Å²) in [5.74, 6) is 1.92. The third-order valence-corrected chi connectivity index (χ3v) is 5.29. The van der Waals surface area contributed by atoms with Gasteiger partial charge in [0.25, 0.3) is 0 Å². The van der Waals surface area contributed by atoms with Gasteiger partial charge >= 0.3 is 0 Å². The highest BCUT2D eigenvalue weighted by atomic mass is 35.5. The van der Waals surface area contributed by atoms with Crippen molar-refractivity contribution in [2.24, 2.45) is 5.92 Å². The maximum absolute atomic E-state index is 12.6. The normalized spacial score (nSPS) is 21.3. The van der Waals surface area contributed by atoms with E-state index in [0.717, 1.165) is 37.6 Å². The average molecular weight is 342 g/mol. The predicted octanol–water partition coefficient (Wildman–Crippen LogP) is 2.09. The Morgan fingerprint density at radius 1 is 1.36 bits per heavy atom. The first kappa shape index (κ1) is 17.6. The quantitative estimate of drug-likeness (QED) is 0.909. The fourth-order valence-corrected chi connectivity index (χ4v) is 4.21. The molecule has 1 atom stereocenters. The van der Waals surface area contributed by atoms with Crippen molar-refractivity contribution >= 4 is 35.8 Å². The SMILES string of the molecule is CNCC1CCN(CC(=O)N2CCSc3ccccc32)C1.Cl. The van der Waals surface area contributed by atoms with Crippen LogP contribution < -0.4 is 10.2 Å². The molecule has 0 bridgehead atoms. The number of hydrogen-bond acceptors (Lipinski definition) is 4. The van der Waals surface area contributed by atoms with E-state index in [1.807, 2.05) is 35.8 Å². The van der Waals surface area contributed by atoms with Gasteiger partial charge in [0.15, 0.2) is 0 Å². The molecule has 2 heterocycles. The predicted molar refractivity (Wildman–Crippen MR) is 95.2 cm³/mol. The summed E-state index contributed by atoms with van der Waals surface area (Å²) in [6.07, 6.45) is 1.19. The van der Waals surface area contributed by atoms with Crippen LogP contribution in [0.5, 0.6) is 0 Å². The van der Waals surface area contributed by atoms with E-state index in [1.165, 1.54) is 11.3 Å². The van der Waals surface area contributed by atoms with E-state index >= 15 is 0 Å². The minimum atomic E-state index is 0. The molecular weight excluding hydrogens is 318 g/mol.